The van der Waals surface area contributed by atoms with Gasteiger partial charge in [0.2, 0.25) is 0 Å². The summed E-state index contributed by atoms with van der Waals surface area (Å²) in [6, 6.07) is 6.03. The van der Waals surface area contributed by atoms with Crippen molar-refractivity contribution in [3.05, 3.63) is 29.8 Å². The van der Waals surface area contributed by atoms with Crippen LogP contribution in [0.15, 0.2) is 24.3 Å². The van der Waals surface area contributed by atoms with Crippen molar-refractivity contribution in [2.45, 2.75) is 6.04 Å². The molecule has 0 heterocycles. The summed E-state index contributed by atoms with van der Waals surface area (Å²) in [4.78, 5) is 10.3. The van der Waals surface area contributed by atoms with Crippen LogP contribution in [-0.4, -0.2) is 11.1 Å². The molecule has 1 aromatic carbocycles. The number of hydrogen-bond donors (Lipinski definition) is 2. The van der Waals surface area contributed by atoms with Crippen molar-refractivity contribution in [3.63, 3.8) is 0 Å². The maximum atomic E-state index is 10.3. The van der Waals surface area contributed by atoms with Crippen LogP contribution in [0.1, 0.15) is 11.6 Å². The summed E-state index contributed by atoms with van der Waals surface area (Å²) >= 11 is 0. The van der Waals surface area contributed by atoms with Gasteiger partial charge in [0.1, 0.15) is 6.04 Å². The molecule has 0 radical (unpaired) electrons. The average molecular weight is 138 g/mol. The largest absolute Gasteiger partial charge is 0.480 e. The molecular weight excluding hydrogens is 130 g/mol. The Bertz CT molecular complexity index is 216. The van der Waals surface area contributed by atoms with Gasteiger partial charge < -0.3 is 10.8 Å². The monoisotopic (exact) mass is 138 g/mol. The molecule has 0 aromatic heterocycles. The Labute approximate surface area is 58.4 Å². The summed E-state index contributed by atoms with van der Waals surface area (Å²) in [5.74, 6) is -0.994. The highest BCUT2D eigenvalue weighted by atomic mass is 16.4. The summed E-state index contributed by atoms with van der Waals surface area (Å²) < 4.78 is 0. The summed E-state index contributed by atoms with van der Waals surface area (Å²) in [5, 5.41) is 8.43. The molecule has 0 aliphatic heterocycles. The Kier molecular flexibility index (Phi) is 1.78. The number of rotatable bonds is 2. The van der Waals surface area contributed by atoms with Crippen LogP contribution in [0.5, 0.6) is 0 Å². The van der Waals surface area contributed by atoms with Crippen molar-refractivity contribution in [2.24, 2.45) is 5.73 Å². The van der Waals surface area contributed by atoms with E-state index in [-0.39, 0.29) is 0 Å². The lowest BCUT2D eigenvalue weighted by atomic mass is 10.2. The number of carboxylic acid groups (broad SMARTS) is 1. The number of nitrogens with two attached hydrogens (primary N) is 1. The molecule has 1 unspecified atom stereocenters. The van der Waals surface area contributed by atoms with E-state index in [0.717, 1.165) is 0 Å². The average Bonchev–Trinajstić information content (AvgIpc) is 2.36. The Morgan fingerprint density at radius 3 is 2.90 bits per heavy atom. The van der Waals surface area contributed by atoms with E-state index in [2.05, 4.69) is 0 Å². The Hall–Kier alpha value is -1.22. The second kappa shape index (κ2) is 2.58. The van der Waals surface area contributed by atoms with Gasteiger partial charge in [0.15, 0.2) is 0 Å². The first-order chi connectivity index (χ1) is 4.72. The second-order valence-corrected chi connectivity index (χ2v) is 2.03. The molecule has 0 fully saturated rings. The molecular formula is C7H8NO2-. The van der Waals surface area contributed by atoms with E-state index in [1.54, 1.807) is 24.3 Å². The van der Waals surface area contributed by atoms with E-state index in [9.17, 15) is 4.79 Å². The number of aliphatic carboxylic acids is 1. The number of carboxylic acids is 1. The summed E-state index contributed by atoms with van der Waals surface area (Å²) in [6.07, 6.45) is 0. The zero-order valence-electron chi connectivity index (χ0n) is 5.32. The van der Waals surface area contributed by atoms with Crippen molar-refractivity contribution >= 4 is 5.97 Å². The number of carbonyl (C=O) groups is 1. The SMILES string of the molecule is NC(C(=O)O)c1ccc[cH-]1. The minimum atomic E-state index is -0.994. The maximum absolute atomic E-state index is 10.3. The molecule has 0 spiro atoms. The van der Waals surface area contributed by atoms with Crippen LogP contribution < -0.4 is 5.73 Å². The fourth-order valence-electron chi connectivity index (χ4n) is 0.739. The van der Waals surface area contributed by atoms with Gasteiger partial charge in [-0.25, -0.2) is 12.1 Å². The smallest absolute Gasteiger partial charge is 0.322 e. The van der Waals surface area contributed by atoms with Crippen LogP contribution in [0.4, 0.5) is 0 Å². The van der Waals surface area contributed by atoms with Crippen molar-refractivity contribution in [1.82, 2.24) is 0 Å². The summed E-state index contributed by atoms with van der Waals surface area (Å²) in [6.45, 7) is 0. The molecule has 0 saturated heterocycles. The third kappa shape index (κ3) is 1.19. The summed E-state index contributed by atoms with van der Waals surface area (Å²) in [7, 11) is 0. The van der Waals surface area contributed by atoms with Crippen LogP contribution in [-0.2, 0) is 4.79 Å². The van der Waals surface area contributed by atoms with E-state index in [0.29, 0.717) is 5.56 Å². The van der Waals surface area contributed by atoms with Crippen molar-refractivity contribution in [1.29, 1.82) is 0 Å². The molecule has 1 aromatic rings. The molecule has 1 atom stereocenters. The molecule has 54 valence electrons. The molecule has 3 nitrogen and oxygen atoms in total. The van der Waals surface area contributed by atoms with Gasteiger partial charge in [0, 0.05) is 0 Å². The van der Waals surface area contributed by atoms with E-state index >= 15 is 0 Å². The lowest BCUT2D eigenvalue weighted by molar-refractivity contribution is -0.138. The Morgan fingerprint density at radius 2 is 2.50 bits per heavy atom. The third-order valence-corrected chi connectivity index (χ3v) is 1.31. The molecule has 0 aliphatic carbocycles. The topological polar surface area (TPSA) is 63.3 Å². The second-order valence-electron chi connectivity index (χ2n) is 2.03. The minimum absolute atomic E-state index is 0.646. The van der Waals surface area contributed by atoms with Crippen molar-refractivity contribution < 1.29 is 9.90 Å². The van der Waals surface area contributed by atoms with E-state index < -0.39 is 12.0 Å². The van der Waals surface area contributed by atoms with Gasteiger partial charge in [-0.2, -0.15) is 12.1 Å². The molecule has 0 aliphatic rings. The molecule has 0 amide bonds. The maximum Gasteiger partial charge on any atom is 0.322 e. The first-order valence-electron chi connectivity index (χ1n) is 2.92. The van der Waals surface area contributed by atoms with Crippen molar-refractivity contribution in [2.75, 3.05) is 0 Å². The van der Waals surface area contributed by atoms with Gasteiger partial charge in [-0.05, 0) is 0 Å². The Balaban J connectivity index is 2.77. The fourth-order valence-corrected chi connectivity index (χ4v) is 0.739. The van der Waals surface area contributed by atoms with E-state index in [1.807, 2.05) is 0 Å². The molecule has 3 N–H and O–H groups in total. The van der Waals surface area contributed by atoms with Gasteiger partial charge in [0.05, 0.1) is 0 Å². The molecule has 0 bridgehead atoms. The molecule has 1 rings (SSSR count). The Morgan fingerprint density at radius 1 is 1.80 bits per heavy atom. The zero-order valence-corrected chi connectivity index (χ0v) is 5.32. The van der Waals surface area contributed by atoms with Crippen LogP contribution in [0.25, 0.3) is 0 Å². The standard InChI is InChI=1S/C7H8NO2/c8-6(7(9)10)5-3-1-2-4-5/h1-4,6H,8H2,(H,9,10)/q-1. The number of hydrogen-bond acceptors (Lipinski definition) is 2. The highest BCUT2D eigenvalue weighted by molar-refractivity contribution is 5.75. The normalized spacial score (nSPS) is 12.9. The van der Waals surface area contributed by atoms with E-state index in [1.165, 1.54) is 0 Å². The van der Waals surface area contributed by atoms with Crippen LogP contribution in [0, 0.1) is 0 Å². The first kappa shape index (κ1) is 6.89. The molecule has 3 heteroatoms. The van der Waals surface area contributed by atoms with Gasteiger partial charge in [0.25, 0.3) is 0 Å². The molecule has 10 heavy (non-hydrogen) atoms. The minimum Gasteiger partial charge on any atom is -0.480 e. The zero-order chi connectivity index (χ0) is 7.56. The van der Waals surface area contributed by atoms with Gasteiger partial charge in [-0.1, -0.05) is 0 Å². The molecule has 0 saturated carbocycles. The lowest BCUT2D eigenvalue weighted by Gasteiger charge is -2.06. The van der Waals surface area contributed by atoms with E-state index in [4.69, 9.17) is 10.8 Å². The first-order valence-corrected chi connectivity index (χ1v) is 2.92. The van der Waals surface area contributed by atoms with Crippen molar-refractivity contribution in [3.8, 4) is 0 Å². The quantitative estimate of drug-likeness (QED) is 0.584. The highest BCUT2D eigenvalue weighted by Gasteiger charge is 2.08. The third-order valence-electron chi connectivity index (χ3n) is 1.31. The summed E-state index contributed by atoms with van der Waals surface area (Å²) in [5.41, 5.74) is 5.93. The van der Waals surface area contributed by atoms with Gasteiger partial charge >= 0.3 is 5.97 Å². The lowest BCUT2D eigenvalue weighted by Crippen LogP contribution is -2.19. The van der Waals surface area contributed by atoms with Gasteiger partial charge in [-0.3, -0.25) is 4.79 Å². The fraction of sp³-hybridized carbons (Fsp3) is 0.143. The highest BCUT2D eigenvalue weighted by Crippen LogP contribution is 2.09. The predicted molar refractivity (Wildman–Crippen MR) is 36.6 cm³/mol. The van der Waals surface area contributed by atoms with Gasteiger partial charge in [-0.15, -0.1) is 5.56 Å². The van der Waals surface area contributed by atoms with Crippen LogP contribution in [0.3, 0.4) is 0 Å². The van der Waals surface area contributed by atoms with Crippen LogP contribution >= 0.6 is 0 Å². The van der Waals surface area contributed by atoms with Crippen LogP contribution in [0.2, 0.25) is 0 Å². The predicted octanol–water partition coefficient (Wildman–Crippen LogP) is 0.490.